The standard InChI is InChI=1S/C28H44N7O17P3S/c1-5-16(2)6-7-19(37)56-11-10-30-18(36)8-9-31-26(40)23(39)28(3,4)13-49-55(46,47)52-54(44,45)48-12-17-22(51-53(41,42)43)21(38)27(50-17)35-15-34-20-24(29)32-14-33-25(20)35/h5-7,14-15,17,21-23,27,38-39H,8-13H2,1-4H3,(H,30,36)(H,31,40)(H,44,45)(H,46,47)(H2,29,32,33)(H2,41,42,43)/b7-6+,16-5+/t17-,21-,22-,23+,27-/m1/s1. The highest BCUT2D eigenvalue weighted by molar-refractivity contribution is 8.14. The van der Waals surface area contributed by atoms with Crippen LogP contribution >= 0.6 is 35.2 Å². The van der Waals surface area contributed by atoms with Crippen molar-refractivity contribution in [3.8, 4) is 0 Å². The number of imidazole rings is 1. The average Bonchev–Trinajstić information content (AvgIpc) is 3.66. The maximum absolute atomic E-state index is 12.7. The lowest BCUT2D eigenvalue weighted by Crippen LogP contribution is -2.46. The summed E-state index contributed by atoms with van der Waals surface area (Å²) in [5.41, 5.74) is 5.17. The summed E-state index contributed by atoms with van der Waals surface area (Å²) in [6.07, 6.45) is -2.00. The zero-order valence-electron chi connectivity index (χ0n) is 30.3. The largest absolute Gasteiger partial charge is 0.481 e. The van der Waals surface area contributed by atoms with Crippen LogP contribution in [0, 0.1) is 5.41 Å². The van der Waals surface area contributed by atoms with Crippen molar-refractivity contribution in [1.82, 2.24) is 30.2 Å². The molecule has 1 aliphatic heterocycles. The molecule has 0 bridgehead atoms. The van der Waals surface area contributed by atoms with Crippen molar-refractivity contribution < 1.29 is 80.5 Å². The van der Waals surface area contributed by atoms with Crippen LogP contribution in [0.25, 0.3) is 11.2 Å². The van der Waals surface area contributed by atoms with E-state index in [4.69, 9.17) is 19.5 Å². The summed E-state index contributed by atoms with van der Waals surface area (Å²) in [7, 11) is -16.4. The van der Waals surface area contributed by atoms with E-state index in [0.717, 1.165) is 34.6 Å². The van der Waals surface area contributed by atoms with Gasteiger partial charge in [0.25, 0.3) is 0 Å². The van der Waals surface area contributed by atoms with Gasteiger partial charge in [-0.15, -0.1) is 0 Å². The maximum atomic E-state index is 12.7. The van der Waals surface area contributed by atoms with Crippen LogP contribution in [0.2, 0.25) is 0 Å². The Bertz CT molecular complexity index is 1930. The van der Waals surface area contributed by atoms with Gasteiger partial charge >= 0.3 is 23.5 Å². The van der Waals surface area contributed by atoms with Crippen LogP contribution in [0.5, 0.6) is 0 Å². The second kappa shape index (κ2) is 20.1. The molecule has 0 saturated carbocycles. The molecule has 3 heterocycles. The summed E-state index contributed by atoms with van der Waals surface area (Å²) in [6, 6.07) is 0. The lowest BCUT2D eigenvalue weighted by molar-refractivity contribution is -0.137. The third-order valence-electron chi connectivity index (χ3n) is 7.68. The fourth-order valence-electron chi connectivity index (χ4n) is 4.63. The second-order valence-corrected chi connectivity index (χ2v) is 17.9. The van der Waals surface area contributed by atoms with E-state index in [1.54, 1.807) is 6.08 Å². The minimum atomic E-state index is -5.57. The second-order valence-electron chi connectivity index (χ2n) is 12.6. The number of nitrogens with one attached hydrogen (secondary N) is 2. The van der Waals surface area contributed by atoms with Crippen LogP contribution in [0.3, 0.4) is 0 Å². The first-order chi connectivity index (χ1) is 25.9. The number of nitrogens with two attached hydrogens (primary N) is 1. The normalized spacial score (nSPS) is 22.1. The molecule has 56 heavy (non-hydrogen) atoms. The highest BCUT2D eigenvalue weighted by Gasteiger charge is 2.50. The number of thioether (sulfide) groups is 1. The van der Waals surface area contributed by atoms with Crippen LogP contribution in [0.4, 0.5) is 5.82 Å². The third-order valence-corrected chi connectivity index (χ3v) is 11.6. The summed E-state index contributed by atoms with van der Waals surface area (Å²) >= 11 is 1.01. The monoisotopic (exact) mass is 875 g/mol. The lowest BCUT2D eigenvalue weighted by Gasteiger charge is -2.30. The number of carbonyl (C=O) groups excluding carboxylic acids is 3. The Morgan fingerprint density at radius 2 is 1.75 bits per heavy atom. The number of fused-ring (bicyclic) bond motifs is 1. The van der Waals surface area contributed by atoms with Crippen molar-refractivity contribution in [1.29, 1.82) is 0 Å². The van der Waals surface area contributed by atoms with Gasteiger partial charge in [-0.25, -0.2) is 28.6 Å². The highest BCUT2D eigenvalue weighted by Crippen LogP contribution is 2.61. The van der Waals surface area contributed by atoms with E-state index in [1.807, 2.05) is 19.9 Å². The molecule has 10 N–H and O–H groups in total. The van der Waals surface area contributed by atoms with Crippen molar-refractivity contribution in [3.63, 3.8) is 0 Å². The Kier molecular flexibility index (Phi) is 17.1. The average molecular weight is 876 g/mol. The Labute approximate surface area is 323 Å². The number of rotatable bonds is 21. The molecule has 28 heteroatoms. The summed E-state index contributed by atoms with van der Waals surface area (Å²) in [5.74, 6) is -1.16. The number of carbonyl (C=O) groups is 3. The Hall–Kier alpha value is -2.96. The minimum Gasteiger partial charge on any atom is -0.386 e. The molecule has 7 atom stereocenters. The number of ether oxygens (including phenoxy) is 1. The first kappa shape index (κ1) is 47.4. The van der Waals surface area contributed by atoms with Gasteiger partial charge in [0, 0.05) is 30.7 Å². The number of amides is 2. The molecular weight excluding hydrogens is 831 g/mol. The highest BCUT2D eigenvalue weighted by atomic mass is 32.2. The number of hydrogen-bond donors (Lipinski definition) is 9. The molecule has 2 amide bonds. The molecule has 1 aliphatic rings. The molecule has 3 rings (SSSR count). The van der Waals surface area contributed by atoms with Crippen molar-refractivity contribution in [3.05, 3.63) is 36.5 Å². The molecule has 0 aromatic carbocycles. The summed E-state index contributed by atoms with van der Waals surface area (Å²) in [5, 5.41) is 26.2. The van der Waals surface area contributed by atoms with E-state index >= 15 is 0 Å². The fraction of sp³-hybridized carbons (Fsp3) is 0.571. The van der Waals surface area contributed by atoms with E-state index in [1.165, 1.54) is 19.9 Å². The van der Waals surface area contributed by atoms with Gasteiger partial charge in [-0.3, -0.25) is 32.5 Å². The van der Waals surface area contributed by atoms with Crippen LogP contribution in [0.1, 0.15) is 40.3 Å². The number of anilines is 1. The van der Waals surface area contributed by atoms with Crippen molar-refractivity contribution >= 4 is 69.1 Å². The number of hydrogen-bond acceptors (Lipinski definition) is 18. The molecule has 0 spiro atoms. The smallest absolute Gasteiger partial charge is 0.386 e. The predicted molar refractivity (Wildman–Crippen MR) is 196 cm³/mol. The summed E-state index contributed by atoms with van der Waals surface area (Å²) in [6.45, 7) is 4.13. The first-order valence-electron chi connectivity index (χ1n) is 16.3. The van der Waals surface area contributed by atoms with Gasteiger partial charge < -0.3 is 50.9 Å². The molecule has 2 aromatic rings. The van der Waals surface area contributed by atoms with Crippen molar-refractivity contribution in [2.45, 2.75) is 64.8 Å². The maximum Gasteiger partial charge on any atom is 0.481 e. The lowest BCUT2D eigenvalue weighted by atomic mass is 9.87. The van der Waals surface area contributed by atoms with Gasteiger partial charge in [-0.05, 0) is 19.9 Å². The molecule has 2 aromatic heterocycles. The number of nitrogens with zero attached hydrogens (tertiary/aromatic N) is 4. The van der Waals surface area contributed by atoms with Gasteiger partial charge in [0.2, 0.25) is 16.9 Å². The van der Waals surface area contributed by atoms with E-state index in [9.17, 15) is 57.9 Å². The predicted octanol–water partition coefficient (Wildman–Crippen LogP) is 0.187. The van der Waals surface area contributed by atoms with Crippen molar-refractivity contribution in [2.75, 3.05) is 37.8 Å². The Morgan fingerprint density at radius 1 is 1.07 bits per heavy atom. The van der Waals surface area contributed by atoms with E-state index < -0.39 is 84.6 Å². The molecule has 0 aliphatic carbocycles. The van der Waals surface area contributed by atoms with Gasteiger partial charge in [-0.2, -0.15) is 4.31 Å². The van der Waals surface area contributed by atoms with E-state index in [-0.39, 0.29) is 41.6 Å². The van der Waals surface area contributed by atoms with Crippen LogP contribution in [0.15, 0.2) is 36.5 Å². The molecule has 1 saturated heterocycles. The number of aromatic nitrogens is 4. The zero-order valence-corrected chi connectivity index (χ0v) is 33.8. The number of aliphatic hydroxyl groups is 2. The Balaban J connectivity index is 1.49. The SMILES string of the molecule is C/C=C(C)/C=C/C(=O)SCCNC(=O)CCNC(=O)[C@H](O)C(C)(C)COP(=O)(O)OP(=O)(O)OC[C@H]1O[C@@H](n2cnc3c(N)ncnc32)[C@H](O)[C@@H]1OP(=O)(O)O. The molecule has 314 valence electrons. The number of phosphoric ester groups is 3. The van der Waals surface area contributed by atoms with E-state index in [2.05, 4.69) is 34.4 Å². The van der Waals surface area contributed by atoms with E-state index in [0.29, 0.717) is 5.75 Å². The van der Waals surface area contributed by atoms with Crippen LogP contribution < -0.4 is 16.4 Å². The number of allylic oxidation sites excluding steroid dienone is 3. The number of phosphoric acid groups is 3. The molecule has 24 nitrogen and oxygen atoms in total. The van der Waals surface area contributed by atoms with Crippen LogP contribution in [-0.2, 0) is 50.7 Å². The van der Waals surface area contributed by atoms with Gasteiger partial charge in [0.15, 0.2) is 17.7 Å². The van der Waals surface area contributed by atoms with Gasteiger partial charge in [0.05, 0.1) is 19.5 Å². The summed E-state index contributed by atoms with van der Waals surface area (Å²) < 4.78 is 62.1. The Morgan fingerprint density at radius 3 is 2.41 bits per heavy atom. The first-order valence-corrected chi connectivity index (χ1v) is 21.8. The molecular formula is C28H44N7O17P3S. The number of aliphatic hydroxyl groups excluding tert-OH is 2. The van der Waals surface area contributed by atoms with Gasteiger partial charge in [0.1, 0.15) is 36.3 Å². The molecule has 2 unspecified atom stereocenters. The van der Waals surface area contributed by atoms with Crippen molar-refractivity contribution in [2.24, 2.45) is 5.41 Å². The fourth-order valence-corrected chi connectivity index (χ4v) is 8.02. The zero-order chi connectivity index (χ0) is 42.1. The summed E-state index contributed by atoms with van der Waals surface area (Å²) in [4.78, 5) is 87.4. The quantitative estimate of drug-likeness (QED) is 0.0350. The van der Waals surface area contributed by atoms with Gasteiger partial charge in [-0.1, -0.05) is 43.3 Å². The minimum absolute atomic E-state index is 0.0292. The topological polar surface area (TPSA) is 364 Å². The molecule has 0 radical (unpaired) electrons. The molecule has 1 fully saturated rings. The van der Waals surface area contributed by atoms with Crippen LogP contribution in [-0.4, -0.2) is 123 Å². The number of nitrogen functional groups attached to an aromatic ring is 1. The third kappa shape index (κ3) is 14.5.